The number of anilines is 2. The molecule has 1 heterocycles. The lowest BCUT2D eigenvalue weighted by molar-refractivity contribution is -0.125. The quantitative estimate of drug-likeness (QED) is 0.881. The van der Waals surface area contributed by atoms with Gasteiger partial charge in [-0.05, 0) is 31.9 Å². The Balaban J connectivity index is 1.85. The van der Waals surface area contributed by atoms with Gasteiger partial charge in [-0.1, -0.05) is 0 Å². The number of hydrogen-bond donors (Lipinski definition) is 1. The van der Waals surface area contributed by atoms with Crippen LogP contribution in [0, 0.1) is 5.92 Å². The molecule has 2 aliphatic rings. The van der Waals surface area contributed by atoms with Crippen molar-refractivity contribution in [3.63, 3.8) is 0 Å². The highest BCUT2D eigenvalue weighted by Crippen LogP contribution is 2.36. The molecule has 5 heteroatoms. The van der Waals surface area contributed by atoms with Gasteiger partial charge in [0.05, 0.1) is 5.69 Å². The molecule has 0 bridgehead atoms. The smallest absolute Gasteiger partial charge is 0.267 e. The SMILES string of the molecule is CC1Oc2cc(NC(=O)C3CC3)ccc2N(C)C1=O. The van der Waals surface area contributed by atoms with Gasteiger partial charge >= 0.3 is 0 Å². The summed E-state index contributed by atoms with van der Waals surface area (Å²) in [6.45, 7) is 1.72. The molecule has 0 saturated heterocycles. The fourth-order valence-corrected chi connectivity index (χ4v) is 2.19. The van der Waals surface area contributed by atoms with Gasteiger partial charge in [-0.2, -0.15) is 0 Å². The maximum absolute atomic E-state index is 11.8. The Labute approximate surface area is 111 Å². The van der Waals surface area contributed by atoms with E-state index in [-0.39, 0.29) is 17.7 Å². The highest BCUT2D eigenvalue weighted by molar-refractivity contribution is 6.00. The molecule has 0 aromatic heterocycles. The van der Waals surface area contributed by atoms with E-state index in [1.54, 1.807) is 37.1 Å². The minimum atomic E-state index is -0.494. The molecular weight excluding hydrogens is 244 g/mol. The van der Waals surface area contributed by atoms with Crippen LogP contribution in [-0.4, -0.2) is 25.0 Å². The van der Waals surface area contributed by atoms with Crippen LogP contribution in [0.2, 0.25) is 0 Å². The third-order valence-corrected chi connectivity index (χ3v) is 3.52. The number of likely N-dealkylation sites (N-methyl/N-ethyl adjacent to an activating group) is 1. The summed E-state index contributed by atoms with van der Waals surface area (Å²) < 4.78 is 5.57. The second kappa shape index (κ2) is 4.26. The molecule has 1 aliphatic heterocycles. The third-order valence-electron chi connectivity index (χ3n) is 3.52. The number of amides is 2. The molecule has 1 aliphatic carbocycles. The standard InChI is InChI=1S/C14H16N2O3/c1-8-14(18)16(2)11-6-5-10(7-12(11)19-8)15-13(17)9-3-4-9/h5-9H,3-4H2,1-2H3,(H,15,17). The lowest BCUT2D eigenvalue weighted by Crippen LogP contribution is -2.41. The van der Waals surface area contributed by atoms with Gasteiger partial charge in [-0.25, -0.2) is 0 Å². The molecule has 1 aromatic rings. The third kappa shape index (κ3) is 2.16. The Bertz CT molecular complexity index is 552. The number of carbonyl (C=O) groups excluding carboxylic acids is 2. The van der Waals surface area contributed by atoms with Crippen LogP contribution in [0.25, 0.3) is 0 Å². The topological polar surface area (TPSA) is 58.6 Å². The fraction of sp³-hybridized carbons (Fsp3) is 0.429. The fourth-order valence-electron chi connectivity index (χ4n) is 2.19. The Hall–Kier alpha value is -2.04. The molecule has 19 heavy (non-hydrogen) atoms. The lowest BCUT2D eigenvalue weighted by Gasteiger charge is -2.30. The zero-order chi connectivity index (χ0) is 13.6. The summed E-state index contributed by atoms with van der Waals surface area (Å²) in [6.07, 6.45) is 1.45. The zero-order valence-electron chi connectivity index (χ0n) is 11.0. The normalized spacial score (nSPS) is 21.7. The number of rotatable bonds is 2. The molecule has 3 rings (SSSR count). The van der Waals surface area contributed by atoms with E-state index < -0.39 is 6.10 Å². The zero-order valence-corrected chi connectivity index (χ0v) is 11.0. The Morgan fingerprint density at radius 3 is 2.84 bits per heavy atom. The summed E-state index contributed by atoms with van der Waals surface area (Å²) in [5.74, 6) is 0.791. The van der Waals surface area contributed by atoms with Gasteiger partial charge < -0.3 is 15.0 Å². The summed E-state index contributed by atoms with van der Waals surface area (Å²) in [5.41, 5.74) is 1.44. The van der Waals surface area contributed by atoms with Gasteiger partial charge in [0.15, 0.2) is 6.10 Å². The summed E-state index contributed by atoms with van der Waals surface area (Å²) in [4.78, 5) is 25.1. The highest BCUT2D eigenvalue weighted by Gasteiger charge is 2.31. The monoisotopic (exact) mass is 260 g/mol. The van der Waals surface area contributed by atoms with Crippen molar-refractivity contribution in [3.05, 3.63) is 18.2 Å². The maximum Gasteiger partial charge on any atom is 0.267 e. The predicted octanol–water partition coefficient (Wildman–Crippen LogP) is 1.78. The lowest BCUT2D eigenvalue weighted by atomic mass is 10.2. The Morgan fingerprint density at radius 2 is 2.16 bits per heavy atom. The van der Waals surface area contributed by atoms with Crippen LogP contribution in [0.3, 0.4) is 0 Å². The van der Waals surface area contributed by atoms with Crippen molar-refractivity contribution < 1.29 is 14.3 Å². The van der Waals surface area contributed by atoms with E-state index in [9.17, 15) is 9.59 Å². The molecule has 100 valence electrons. The first kappa shape index (κ1) is 12.0. The molecule has 5 nitrogen and oxygen atoms in total. The van der Waals surface area contributed by atoms with Crippen LogP contribution >= 0.6 is 0 Å². The van der Waals surface area contributed by atoms with Gasteiger partial charge in [-0.15, -0.1) is 0 Å². The Morgan fingerprint density at radius 1 is 1.42 bits per heavy atom. The van der Waals surface area contributed by atoms with Crippen molar-refractivity contribution in [2.24, 2.45) is 5.92 Å². The first-order chi connectivity index (χ1) is 9.06. The van der Waals surface area contributed by atoms with Crippen molar-refractivity contribution in [1.29, 1.82) is 0 Å². The van der Waals surface area contributed by atoms with Crippen molar-refractivity contribution in [2.75, 3.05) is 17.3 Å². The number of nitrogens with one attached hydrogen (secondary N) is 1. The van der Waals surface area contributed by atoms with E-state index in [0.717, 1.165) is 18.5 Å². The van der Waals surface area contributed by atoms with Crippen LogP contribution in [-0.2, 0) is 9.59 Å². The number of ether oxygens (including phenoxy) is 1. The number of carbonyl (C=O) groups is 2. The number of benzene rings is 1. The van der Waals surface area contributed by atoms with Crippen molar-refractivity contribution in [2.45, 2.75) is 25.9 Å². The summed E-state index contributed by atoms with van der Waals surface area (Å²) in [7, 11) is 1.72. The van der Waals surface area contributed by atoms with Gasteiger partial charge in [-0.3, -0.25) is 9.59 Å². The van der Waals surface area contributed by atoms with E-state index >= 15 is 0 Å². The van der Waals surface area contributed by atoms with Crippen molar-refractivity contribution in [3.8, 4) is 5.75 Å². The van der Waals surface area contributed by atoms with E-state index in [2.05, 4.69) is 5.32 Å². The molecule has 0 radical (unpaired) electrons. The largest absolute Gasteiger partial charge is 0.479 e. The number of fused-ring (bicyclic) bond motifs is 1. The molecule has 2 amide bonds. The summed E-state index contributed by atoms with van der Waals surface area (Å²) in [6, 6.07) is 5.36. The maximum atomic E-state index is 11.8. The molecule has 1 unspecified atom stereocenters. The number of nitrogens with zero attached hydrogens (tertiary/aromatic N) is 1. The molecule has 1 fully saturated rings. The average Bonchev–Trinajstić information content (AvgIpc) is 3.20. The Kier molecular flexibility index (Phi) is 2.69. The van der Waals surface area contributed by atoms with Gasteiger partial charge in [0, 0.05) is 24.7 Å². The van der Waals surface area contributed by atoms with Gasteiger partial charge in [0.25, 0.3) is 5.91 Å². The van der Waals surface area contributed by atoms with E-state index in [0.29, 0.717) is 11.4 Å². The number of hydrogen-bond acceptors (Lipinski definition) is 3. The van der Waals surface area contributed by atoms with Crippen molar-refractivity contribution in [1.82, 2.24) is 0 Å². The summed E-state index contributed by atoms with van der Waals surface area (Å²) >= 11 is 0. The molecular formula is C14H16N2O3. The minimum absolute atomic E-state index is 0.0632. The van der Waals surface area contributed by atoms with Crippen LogP contribution < -0.4 is 15.0 Å². The van der Waals surface area contributed by atoms with E-state index in [4.69, 9.17) is 4.74 Å². The van der Waals surface area contributed by atoms with Crippen LogP contribution in [0.15, 0.2) is 18.2 Å². The molecule has 1 saturated carbocycles. The second-order valence-corrected chi connectivity index (χ2v) is 5.10. The second-order valence-electron chi connectivity index (χ2n) is 5.10. The van der Waals surface area contributed by atoms with Crippen LogP contribution in [0.5, 0.6) is 5.75 Å². The first-order valence-corrected chi connectivity index (χ1v) is 6.45. The first-order valence-electron chi connectivity index (χ1n) is 6.45. The average molecular weight is 260 g/mol. The van der Waals surface area contributed by atoms with E-state index in [1.165, 1.54) is 0 Å². The minimum Gasteiger partial charge on any atom is -0.479 e. The van der Waals surface area contributed by atoms with Crippen LogP contribution in [0.1, 0.15) is 19.8 Å². The van der Waals surface area contributed by atoms with Crippen molar-refractivity contribution >= 4 is 23.2 Å². The molecule has 1 atom stereocenters. The molecule has 0 spiro atoms. The van der Waals surface area contributed by atoms with Gasteiger partial charge in [0.1, 0.15) is 5.75 Å². The van der Waals surface area contributed by atoms with E-state index in [1.807, 2.05) is 0 Å². The highest BCUT2D eigenvalue weighted by atomic mass is 16.5. The molecule has 1 N–H and O–H groups in total. The summed E-state index contributed by atoms with van der Waals surface area (Å²) in [5, 5.41) is 2.87. The molecule has 1 aromatic carbocycles. The van der Waals surface area contributed by atoms with Crippen LogP contribution in [0.4, 0.5) is 11.4 Å². The predicted molar refractivity (Wildman–Crippen MR) is 71.3 cm³/mol. The van der Waals surface area contributed by atoms with Gasteiger partial charge in [0.2, 0.25) is 5.91 Å².